The third-order valence-corrected chi connectivity index (χ3v) is 3.70. The summed E-state index contributed by atoms with van der Waals surface area (Å²) in [5.74, 6) is -1.05. The molecule has 0 saturated carbocycles. The second-order valence-corrected chi connectivity index (χ2v) is 5.40. The third kappa shape index (κ3) is 5.08. The Kier molecular flexibility index (Phi) is 6.31. The maximum Gasteiger partial charge on any atom is 0.410 e. The van der Waals surface area contributed by atoms with E-state index in [0.717, 1.165) is 16.0 Å². The van der Waals surface area contributed by atoms with Crippen LogP contribution in [0.3, 0.4) is 0 Å². The van der Waals surface area contributed by atoms with Gasteiger partial charge in [0.1, 0.15) is 12.6 Å². The van der Waals surface area contributed by atoms with E-state index >= 15 is 0 Å². The van der Waals surface area contributed by atoms with E-state index < -0.39 is 18.1 Å². The van der Waals surface area contributed by atoms with Crippen molar-refractivity contribution >= 4 is 12.1 Å². The number of pyridine rings is 1. The van der Waals surface area contributed by atoms with E-state index in [-0.39, 0.29) is 6.61 Å². The number of aryl methyl sites for hydroxylation is 1. The molecule has 2 aromatic rings. The molecular weight excluding hydrogens is 308 g/mol. The van der Waals surface area contributed by atoms with Crippen LogP contribution in [0.2, 0.25) is 0 Å². The quantitative estimate of drug-likeness (QED) is 0.845. The molecule has 6 nitrogen and oxygen atoms in total. The topological polar surface area (TPSA) is 79.7 Å². The van der Waals surface area contributed by atoms with Gasteiger partial charge in [-0.2, -0.15) is 0 Å². The fourth-order valence-corrected chi connectivity index (χ4v) is 2.28. The zero-order chi connectivity index (χ0) is 17.4. The highest BCUT2D eigenvalue weighted by molar-refractivity contribution is 5.79. The normalized spacial score (nSPS) is 11.5. The van der Waals surface area contributed by atoms with E-state index in [0.29, 0.717) is 12.8 Å². The second kappa shape index (κ2) is 8.67. The lowest BCUT2D eigenvalue weighted by Gasteiger charge is -2.24. The SMILES string of the molecule is CN(C(=O)OCc1ccccc1)C(CCc1ccncc1)C(=O)O. The van der Waals surface area contributed by atoms with Crippen LogP contribution in [-0.2, 0) is 22.6 Å². The van der Waals surface area contributed by atoms with Crippen LogP contribution in [0.15, 0.2) is 54.9 Å². The van der Waals surface area contributed by atoms with Crippen LogP contribution >= 0.6 is 0 Å². The lowest BCUT2D eigenvalue weighted by molar-refractivity contribution is -0.142. The van der Waals surface area contributed by atoms with Crippen molar-refractivity contribution in [1.82, 2.24) is 9.88 Å². The molecule has 1 heterocycles. The van der Waals surface area contributed by atoms with Gasteiger partial charge in [-0.1, -0.05) is 30.3 Å². The molecule has 0 spiro atoms. The van der Waals surface area contributed by atoms with Crippen molar-refractivity contribution in [3.05, 3.63) is 66.0 Å². The molecule has 1 unspecified atom stereocenters. The number of hydrogen-bond acceptors (Lipinski definition) is 4. The molecule has 1 amide bonds. The minimum atomic E-state index is -1.05. The summed E-state index contributed by atoms with van der Waals surface area (Å²) in [7, 11) is 1.44. The summed E-state index contributed by atoms with van der Waals surface area (Å²) in [6.07, 6.45) is 3.50. The van der Waals surface area contributed by atoms with Crippen molar-refractivity contribution in [2.45, 2.75) is 25.5 Å². The van der Waals surface area contributed by atoms with Gasteiger partial charge in [-0.25, -0.2) is 9.59 Å². The molecule has 0 bridgehead atoms. The van der Waals surface area contributed by atoms with Crippen LogP contribution in [-0.4, -0.2) is 40.1 Å². The molecule has 1 aromatic carbocycles. The van der Waals surface area contributed by atoms with E-state index in [2.05, 4.69) is 4.98 Å². The van der Waals surface area contributed by atoms with Crippen LogP contribution < -0.4 is 0 Å². The number of carbonyl (C=O) groups is 2. The van der Waals surface area contributed by atoms with E-state index in [1.807, 2.05) is 42.5 Å². The molecule has 24 heavy (non-hydrogen) atoms. The average Bonchev–Trinajstić information content (AvgIpc) is 2.61. The maximum atomic E-state index is 12.1. The van der Waals surface area contributed by atoms with Gasteiger partial charge in [0.2, 0.25) is 0 Å². The fraction of sp³-hybridized carbons (Fsp3) is 0.278. The molecular formula is C18H20N2O4. The lowest BCUT2D eigenvalue weighted by Crippen LogP contribution is -2.42. The Morgan fingerprint density at radius 2 is 1.79 bits per heavy atom. The van der Waals surface area contributed by atoms with Gasteiger partial charge >= 0.3 is 12.1 Å². The van der Waals surface area contributed by atoms with Crippen LogP contribution in [0.5, 0.6) is 0 Å². The second-order valence-electron chi connectivity index (χ2n) is 5.40. The number of aromatic nitrogens is 1. The monoisotopic (exact) mass is 328 g/mol. The Hall–Kier alpha value is -2.89. The summed E-state index contributed by atoms with van der Waals surface area (Å²) >= 11 is 0. The van der Waals surface area contributed by atoms with Crippen molar-refractivity contribution in [2.24, 2.45) is 0 Å². The molecule has 1 atom stereocenters. The number of hydrogen-bond donors (Lipinski definition) is 1. The number of carbonyl (C=O) groups excluding carboxylic acids is 1. The number of likely N-dealkylation sites (N-methyl/N-ethyl adjacent to an activating group) is 1. The molecule has 0 fully saturated rings. The number of amides is 1. The summed E-state index contributed by atoms with van der Waals surface area (Å²) in [6, 6.07) is 12.0. The largest absolute Gasteiger partial charge is 0.480 e. The molecule has 2 rings (SSSR count). The van der Waals surface area contributed by atoms with Crippen LogP contribution in [0, 0.1) is 0 Å². The first-order valence-corrected chi connectivity index (χ1v) is 7.63. The number of benzene rings is 1. The number of nitrogens with zero attached hydrogens (tertiary/aromatic N) is 2. The Morgan fingerprint density at radius 3 is 2.42 bits per heavy atom. The number of ether oxygens (including phenoxy) is 1. The van der Waals surface area contributed by atoms with Gasteiger partial charge in [0.25, 0.3) is 0 Å². The fourth-order valence-electron chi connectivity index (χ4n) is 2.28. The van der Waals surface area contributed by atoms with Crippen LogP contribution in [0.25, 0.3) is 0 Å². The summed E-state index contributed by atoms with van der Waals surface area (Å²) in [5.41, 5.74) is 1.82. The highest BCUT2D eigenvalue weighted by Gasteiger charge is 2.27. The van der Waals surface area contributed by atoms with Gasteiger partial charge in [-0.15, -0.1) is 0 Å². The lowest BCUT2D eigenvalue weighted by atomic mass is 10.1. The molecule has 0 saturated heterocycles. The van der Waals surface area contributed by atoms with Gasteiger partial charge in [-0.05, 0) is 36.1 Å². The summed E-state index contributed by atoms with van der Waals surface area (Å²) < 4.78 is 5.19. The van der Waals surface area contributed by atoms with Gasteiger partial charge < -0.3 is 9.84 Å². The van der Waals surface area contributed by atoms with E-state index in [9.17, 15) is 14.7 Å². The van der Waals surface area contributed by atoms with Crippen molar-refractivity contribution in [3.63, 3.8) is 0 Å². The van der Waals surface area contributed by atoms with E-state index in [1.54, 1.807) is 12.4 Å². The highest BCUT2D eigenvalue weighted by atomic mass is 16.6. The standard InChI is InChI=1S/C18H20N2O4/c1-20(18(23)24-13-15-5-3-2-4-6-15)16(17(21)22)8-7-14-9-11-19-12-10-14/h2-6,9-12,16H,7-8,13H2,1H3,(H,21,22). The minimum absolute atomic E-state index is 0.112. The Balaban J connectivity index is 1.91. The molecule has 1 N–H and O–H groups in total. The first kappa shape index (κ1) is 17.5. The van der Waals surface area contributed by atoms with Gasteiger partial charge in [0.15, 0.2) is 0 Å². The summed E-state index contributed by atoms with van der Waals surface area (Å²) in [4.78, 5) is 28.6. The number of rotatable bonds is 7. The highest BCUT2D eigenvalue weighted by Crippen LogP contribution is 2.11. The van der Waals surface area contributed by atoms with Crippen molar-refractivity contribution < 1.29 is 19.4 Å². The molecule has 126 valence electrons. The van der Waals surface area contributed by atoms with Crippen molar-refractivity contribution in [1.29, 1.82) is 0 Å². The Labute approximate surface area is 140 Å². The Bertz CT molecular complexity index is 661. The van der Waals surface area contributed by atoms with E-state index in [1.165, 1.54) is 7.05 Å². The molecule has 0 aliphatic rings. The number of carboxylic acid groups (broad SMARTS) is 1. The Morgan fingerprint density at radius 1 is 1.12 bits per heavy atom. The zero-order valence-corrected chi connectivity index (χ0v) is 13.5. The summed E-state index contributed by atoms with van der Waals surface area (Å²) in [6.45, 7) is 0.112. The summed E-state index contributed by atoms with van der Waals surface area (Å²) in [5, 5.41) is 9.39. The molecule has 0 aliphatic carbocycles. The smallest absolute Gasteiger partial charge is 0.410 e. The zero-order valence-electron chi connectivity index (χ0n) is 13.5. The minimum Gasteiger partial charge on any atom is -0.480 e. The molecule has 6 heteroatoms. The number of carboxylic acids is 1. The molecule has 0 radical (unpaired) electrons. The van der Waals surface area contributed by atoms with Gasteiger partial charge in [-0.3, -0.25) is 9.88 Å². The van der Waals surface area contributed by atoms with E-state index in [4.69, 9.17) is 4.74 Å². The van der Waals surface area contributed by atoms with Crippen molar-refractivity contribution in [2.75, 3.05) is 7.05 Å². The average molecular weight is 328 g/mol. The van der Waals surface area contributed by atoms with Gasteiger partial charge in [0.05, 0.1) is 0 Å². The predicted molar refractivity (Wildman–Crippen MR) is 88.4 cm³/mol. The predicted octanol–water partition coefficient (Wildman–Crippen LogP) is 2.74. The molecule has 1 aromatic heterocycles. The first-order valence-electron chi connectivity index (χ1n) is 7.63. The van der Waals surface area contributed by atoms with Crippen LogP contribution in [0.4, 0.5) is 4.79 Å². The maximum absolute atomic E-state index is 12.1. The number of aliphatic carboxylic acids is 1. The molecule has 0 aliphatic heterocycles. The van der Waals surface area contributed by atoms with Gasteiger partial charge in [0, 0.05) is 19.4 Å². The first-order chi connectivity index (χ1) is 11.6. The third-order valence-electron chi connectivity index (χ3n) is 3.70. The van der Waals surface area contributed by atoms with Crippen molar-refractivity contribution in [3.8, 4) is 0 Å². The van der Waals surface area contributed by atoms with Crippen LogP contribution in [0.1, 0.15) is 17.5 Å².